The van der Waals surface area contributed by atoms with E-state index >= 15 is 0 Å². The van der Waals surface area contributed by atoms with Crippen LogP contribution in [0.5, 0.6) is 11.5 Å². The predicted octanol–water partition coefficient (Wildman–Crippen LogP) is 1.80. The molecule has 0 saturated carbocycles. The van der Waals surface area contributed by atoms with E-state index in [4.69, 9.17) is 14.2 Å². The molecule has 1 aliphatic rings. The number of ether oxygens (including phenoxy) is 3. The van der Waals surface area contributed by atoms with Crippen LogP contribution in [0.25, 0.3) is 0 Å². The maximum Gasteiger partial charge on any atom is 0.326 e. The van der Waals surface area contributed by atoms with Crippen molar-refractivity contribution in [1.82, 2.24) is 4.90 Å². The second-order valence-electron chi connectivity index (χ2n) is 5.94. The van der Waals surface area contributed by atoms with Crippen molar-refractivity contribution in [2.45, 2.75) is 38.5 Å². The monoisotopic (exact) mass is 337 g/mol. The Labute approximate surface area is 141 Å². The van der Waals surface area contributed by atoms with Crippen molar-refractivity contribution in [1.29, 1.82) is 0 Å². The zero-order valence-electron chi connectivity index (χ0n) is 14.3. The molecule has 0 aliphatic carbocycles. The lowest BCUT2D eigenvalue weighted by atomic mass is 10.1. The number of carbonyl (C=O) groups excluding carboxylic acids is 1. The minimum absolute atomic E-state index is 0.0297. The van der Waals surface area contributed by atoms with Crippen LogP contribution in [0.4, 0.5) is 0 Å². The van der Waals surface area contributed by atoms with Gasteiger partial charge in [-0.2, -0.15) is 0 Å². The van der Waals surface area contributed by atoms with Gasteiger partial charge in [-0.1, -0.05) is 0 Å². The van der Waals surface area contributed by atoms with E-state index in [0.717, 1.165) is 0 Å². The van der Waals surface area contributed by atoms with Crippen molar-refractivity contribution < 1.29 is 28.9 Å². The zero-order chi connectivity index (χ0) is 17.9. The van der Waals surface area contributed by atoms with E-state index in [2.05, 4.69) is 0 Å². The molecule has 1 aromatic carbocycles. The first-order valence-corrected chi connectivity index (χ1v) is 7.78. The second kappa shape index (κ2) is 7.53. The summed E-state index contributed by atoms with van der Waals surface area (Å²) >= 11 is 0. The number of benzene rings is 1. The minimum Gasteiger partial charge on any atom is -0.493 e. The molecule has 1 amide bonds. The van der Waals surface area contributed by atoms with Gasteiger partial charge in [0.25, 0.3) is 5.91 Å². The number of amides is 1. The second-order valence-corrected chi connectivity index (χ2v) is 5.94. The van der Waals surface area contributed by atoms with Gasteiger partial charge >= 0.3 is 5.97 Å². The molecule has 1 saturated heterocycles. The highest BCUT2D eigenvalue weighted by Crippen LogP contribution is 2.31. The summed E-state index contributed by atoms with van der Waals surface area (Å²) in [5.41, 5.74) is 0.353. The highest BCUT2D eigenvalue weighted by atomic mass is 16.5. The Morgan fingerprint density at radius 2 is 1.96 bits per heavy atom. The maximum absolute atomic E-state index is 12.7. The Morgan fingerprint density at radius 1 is 1.25 bits per heavy atom. The smallest absolute Gasteiger partial charge is 0.326 e. The van der Waals surface area contributed by atoms with Crippen molar-refractivity contribution in [3.05, 3.63) is 23.8 Å². The fourth-order valence-corrected chi connectivity index (χ4v) is 2.74. The summed E-state index contributed by atoms with van der Waals surface area (Å²) < 4.78 is 16.1. The number of aliphatic carboxylic acids is 1. The molecule has 0 bridgehead atoms. The highest BCUT2D eigenvalue weighted by molar-refractivity contribution is 5.97. The lowest BCUT2D eigenvalue weighted by molar-refractivity contribution is -0.141. The van der Waals surface area contributed by atoms with E-state index in [1.165, 1.54) is 19.1 Å². The lowest BCUT2D eigenvalue weighted by Gasteiger charge is -2.22. The van der Waals surface area contributed by atoms with E-state index in [1.54, 1.807) is 18.2 Å². The van der Waals surface area contributed by atoms with Gasteiger partial charge in [0.05, 0.1) is 19.3 Å². The molecule has 132 valence electrons. The third-order valence-corrected chi connectivity index (χ3v) is 3.92. The number of carbonyl (C=O) groups is 2. The molecule has 2 unspecified atom stereocenters. The number of carboxylic acid groups (broad SMARTS) is 1. The SMILES string of the molecule is COc1cc(C(=O)N2CC(OC)CC2C(=O)O)ccc1OC(C)C. The fourth-order valence-electron chi connectivity index (χ4n) is 2.74. The summed E-state index contributed by atoms with van der Waals surface area (Å²) in [5.74, 6) is -0.426. The number of carboxylic acids is 1. The van der Waals surface area contributed by atoms with Gasteiger partial charge in [0.1, 0.15) is 6.04 Å². The summed E-state index contributed by atoms with van der Waals surface area (Å²) in [7, 11) is 3.01. The molecule has 7 heteroatoms. The number of rotatable bonds is 6. The van der Waals surface area contributed by atoms with E-state index in [-0.39, 0.29) is 31.1 Å². The van der Waals surface area contributed by atoms with Crippen LogP contribution in [0.3, 0.4) is 0 Å². The van der Waals surface area contributed by atoms with Crippen LogP contribution in [-0.2, 0) is 9.53 Å². The fraction of sp³-hybridized carbons (Fsp3) is 0.529. The molecular weight excluding hydrogens is 314 g/mol. The van der Waals surface area contributed by atoms with Gasteiger partial charge < -0.3 is 24.2 Å². The van der Waals surface area contributed by atoms with Gasteiger partial charge in [-0.3, -0.25) is 4.79 Å². The van der Waals surface area contributed by atoms with Crippen LogP contribution in [0.2, 0.25) is 0 Å². The van der Waals surface area contributed by atoms with Gasteiger partial charge in [-0.25, -0.2) is 4.79 Å². The van der Waals surface area contributed by atoms with Gasteiger partial charge in [0.2, 0.25) is 0 Å². The predicted molar refractivity (Wildman–Crippen MR) is 86.6 cm³/mol. The minimum atomic E-state index is -1.03. The number of methoxy groups -OCH3 is 2. The summed E-state index contributed by atoms with van der Waals surface area (Å²) in [5, 5.41) is 9.34. The number of likely N-dealkylation sites (tertiary alicyclic amines) is 1. The number of nitrogens with zero attached hydrogens (tertiary/aromatic N) is 1. The van der Waals surface area contributed by atoms with E-state index in [9.17, 15) is 14.7 Å². The van der Waals surface area contributed by atoms with Gasteiger partial charge in [0.15, 0.2) is 11.5 Å². The lowest BCUT2D eigenvalue weighted by Crippen LogP contribution is -2.40. The quantitative estimate of drug-likeness (QED) is 0.852. The Bertz CT molecular complexity index is 615. The average Bonchev–Trinajstić information content (AvgIpc) is 2.98. The van der Waals surface area contributed by atoms with Gasteiger partial charge in [-0.05, 0) is 32.0 Å². The maximum atomic E-state index is 12.7. The summed E-state index contributed by atoms with van der Waals surface area (Å²) in [6.45, 7) is 4.04. The van der Waals surface area contributed by atoms with E-state index in [0.29, 0.717) is 17.1 Å². The first-order chi connectivity index (χ1) is 11.4. The van der Waals surface area contributed by atoms with E-state index < -0.39 is 12.0 Å². The van der Waals surface area contributed by atoms with Crippen LogP contribution in [0.1, 0.15) is 30.6 Å². The standard InChI is InChI=1S/C17H23NO6/c1-10(2)24-14-6-5-11(7-15(14)23-4)16(19)18-9-12(22-3)8-13(18)17(20)21/h5-7,10,12-13H,8-9H2,1-4H3,(H,20,21). The molecule has 0 aromatic heterocycles. The van der Waals surface area contributed by atoms with Gasteiger partial charge in [-0.15, -0.1) is 0 Å². The first kappa shape index (κ1) is 18.1. The highest BCUT2D eigenvalue weighted by Gasteiger charge is 2.40. The molecule has 0 spiro atoms. The third kappa shape index (κ3) is 3.79. The molecule has 1 aliphatic heterocycles. The van der Waals surface area contributed by atoms with Gasteiger partial charge in [0, 0.05) is 25.6 Å². The molecule has 24 heavy (non-hydrogen) atoms. The molecule has 1 heterocycles. The van der Waals surface area contributed by atoms with Crippen molar-refractivity contribution in [3.63, 3.8) is 0 Å². The van der Waals surface area contributed by atoms with Crippen molar-refractivity contribution in [2.75, 3.05) is 20.8 Å². The summed E-state index contributed by atoms with van der Waals surface area (Å²) in [4.78, 5) is 25.5. The van der Waals surface area contributed by atoms with Crippen molar-refractivity contribution >= 4 is 11.9 Å². The Balaban J connectivity index is 2.27. The number of hydrogen-bond acceptors (Lipinski definition) is 5. The Kier molecular flexibility index (Phi) is 5.66. The van der Waals surface area contributed by atoms with Crippen LogP contribution in [-0.4, -0.2) is 60.9 Å². The Morgan fingerprint density at radius 3 is 2.50 bits per heavy atom. The first-order valence-electron chi connectivity index (χ1n) is 7.78. The van der Waals surface area contributed by atoms with E-state index in [1.807, 2.05) is 13.8 Å². The molecule has 1 fully saturated rings. The molecule has 1 N–H and O–H groups in total. The van der Waals surface area contributed by atoms with Crippen molar-refractivity contribution in [3.8, 4) is 11.5 Å². The van der Waals surface area contributed by atoms with Crippen LogP contribution >= 0.6 is 0 Å². The average molecular weight is 337 g/mol. The molecule has 2 atom stereocenters. The third-order valence-electron chi connectivity index (χ3n) is 3.92. The largest absolute Gasteiger partial charge is 0.493 e. The molecule has 7 nitrogen and oxygen atoms in total. The van der Waals surface area contributed by atoms with Crippen LogP contribution in [0, 0.1) is 0 Å². The normalized spacial score (nSPS) is 20.3. The summed E-state index contributed by atoms with van der Waals surface area (Å²) in [6, 6.07) is 3.95. The van der Waals surface area contributed by atoms with Crippen LogP contribution < -0.4 is 9.47 Å². The number of hydrogen-bond donors (Lipinski definition) is 1. The topological polar surface area (TPSA) is 85.3 Å². The zero-order valence-corrected chi connectivity index (χ0v) is 14.3. The summed E-state index contributed by atoms with van der Waals surface area (Å²) in [6.07, 6.45) is -0.0261. The molecule has 2 rings (SSSR count). The van der Waals surface area contributed by atoms with Crippen LogP contribution in [0.15, 0.2) is 18.2 Å². The molecular formula is C17H23NO6. The Hall–Kier alpha value is -2.28. The molecule has 0 radical (unpaired) electrons. The molecule has 1 aromatic rings. The van der Waals surface area contributed by atoms with Crippen molar-refractivity contribution in [2.24, 2.45) is 0 Å².